The van der Waals surface area contributed by atoms with Crippen LogP contribution in [0.2, 0.25) is 0 Å². The maximum absolute atomic E-state index is 13.6. The number of halogens is 5. The van der Waals surface area contributed by atoms with Gasteiger partial charge in [-0.3, -0.25) is 14.4 Å². The Morgan fingerprint density at radius 3 is 2.05 bits per heavy atom. The molecule has 1 aliphatic rings. The first-order valence-corrected chi connectivity index (χ1v) is 11.2. The molecule has 0 saturated carbocycles. The molecule has 8 nitrogen and oxygen atoms in total. The number of ether oxygens (including phenoxy) is 1. The number of nitrogens with one attached hydrogen (secondary N) is 1. The molecule has 2 aromatic carbocycles. The number of phenolic OH excluding ortho intramolecular Hbond substituents is 1. The molecule has 1 heterocycles. The van der Waals surface area contributed by atoms with Crippen LogP contribution in [0.4, 0.5) is 22.0 Å². The summed E-state index contributed by atoms with van der Waals surface area (Å²) < 4.78 is 67.6. The van der Waals surface area contributed by atoms with Crippen molar-refractivity contribution >= 4 is 17.7 Å². The molecule has 37 heavy (non-hydrogen) atoms. The summed E-state index contributed by atoms with van der Waals surface area (Å²) in [5.41, 5.74) is -0.382. The molecule has 0 unspecified atom stereocenters. The van der Waals surface area contributed by atoms with Crippen molar-refractivity contribution in [3.05, 3.63) is 59.2 Å². The van der Waals surface area contributed by atoms with Crippen molar-refractivity contribution < 1.29 is 46.2 Å². The summed E-state index contributed by atoms with van der Waals surface area (Å²) in [5.74, 6) is -6.81. The molecular formula is C24H24F5N3O5. The number of piperazine rings is 1. The quantitative estimate of drug-likeness (QED) is 0.560. The van der Waals surface area contributed by atoms with E-state index >= 15 is 0 Å². The van der Waals surface area contributed by atoms with E-state index in [2.05, 4.69) is 10.1 Å². The zero-order chi connectivity index (χ0) is 27.5. The Morgan fingerprint density at radius 1 is 0.946 bits per heavy atom. The third-order valence-corrected chi connectivity index (χ3v) is 5.75. The van der Waals surface area contributed by atoms with E-state index in [-0.39, 0.29) is 31.7 Å². The summed E-state index contributed by atoms with van der Waals surface area (Å²) in [6, 6.07) is 5.00. The van der Waals surface area contributed by atoms with Crippen molar-refractivity contribution in [2.24, 2.45) is 5.92 Å². The number of nitrogens with zero attached hydrogens (tertiary/aromatic N) is 2. The predicted molar refractivity (Wildman–Crippen MR) is 120 cm³/mol. The van der Waals surface area contributed by atoms with Crippen LogP contribution in [-0.4, -0.2) is 71.2 Å². The highest BCUT2D eigenvalue weighted by Crippen LogP contribution is 2.25. The van der Waals surface area contributed by atoms with E-state index in [1.807, 2.05) is 0 Å². The van der Waals surface area contributed by atoms with E-state index in [0.717, 1.165) is 18.2 Å². The van der Waals surface area contributed by atoms with E-state index in [1.54, 1.807) is 13.8 Å². The molecule has 0 aliphatic carbocycles. The fourth-order valence-electron chi connectivity index (χ4n) is 3.76. The Balaban J connectivity index is 1.61. The van der Waals surface area contributed by atoms with Crippen molar-refractivity contribution in [2.45, 2.75) is 26.3 Å². The number of rotatable bonds is 6. The van der Waals surface area contributed by atoms with Gasteiger partial charge in [-0.05, 0) is 42.3 Å². The van der Waals surface area contributed by atoms with Crippen LogP contribution in [0.15, 0.2) is 36.4 Å². The molecule has 3 rings (SSSR count). The van der Waals surface area contributed by atoms with Gasteiger partial charge in [-0.1, -0.05) is 13.8 Å². The number of carbonyl (C=O) groups excluding carboxylic acids is 3. The molecule has 3 amide bonds. The SMILES string of the molecule is CC(C)[C@H](NC(=O)c1ccc(F)c(F)c1O)C(=O)N1CCN(C(=O)c2ccc(OC(F)(F)F)cc2)CC1. The number of hydrogen-bond donors (Lipinski definition) is 2. The van der Waals surface area contributed by atoms with Crippen molar-refractivity contribution in [1.29, 1.82) is 0 Å². The normalized spacial score (nSPS) is 14.9. The maximum Gasteiger partial charge on any atom is 0.573 e. The van der Waals surface area contributed by atoms with Gasteiger partial charge in [0.1, 0.15) is 11.8 Å². The number of alkyl halides is 3. The second-order valence-corrected chi connectivity index (χ2v) is 8.64. The van der Waals surface area contributed by atoms with Crippen LogP contribution in [0.5, 0.6) is 11.5 Å². The molecule has 2 N–H and O–H groups in total. The number of phenols is 1. The van der Waals surface area contributed by atoms with E-state index in [4.69, 9.17) is 0 Å². The minimum atomic E-state index is -4.85. The van der Waals surface area contributed by atoms with Crippen LogP contribution in [0.25, 0.3) is 0 Å². The summed E-state index contributed by atoms with van der Waals surface area (Å²) in [6.45, 7) is 3.84. The van der Waals surface area contributed by atoms with Crippen LogP contribution in [0.1, 0.15) is 34.6 Å². The first-order chi connectivity index (χ1) is 17.3. The third kappa shape index (κ3) is 6.66. The van der Waals surface area contributed by atoms with E-state index in [0.29, 0.717) is 6.07 Å². The highest BCUT2D eigenvalue weighted by molar-refractivity contribution is 6.00. The number of amides is 3. The highest BCUT2D eigenvalue weighted by atomic mass is 19.4. The molecule has 1 aliphatic heterocycles. The van der Waals surface area contributed by atoms with Gasteiger partial charge < -0.3 is 25.0 Å². The summed E-state index contributed by atoms with van der Waals surface area (Å²) in [6.07, 6.45) is -4.85. The Bertz CT molecular complexity index is 1160. The number of hydrogen-bond acceptors (Lipinski definition) is 5. The minimum Gasteiger partial charge on any atom is -0.504 e. The molecule has 2 aromatic rings. The molecule has 1 saturated heterocycles. The lowest BCUT2D eigenvalue weighted by Gasteiger charge is -2.37. The molecule has 13 heteroatoms. The number of benzene rings is 2. The Morgan fingerprint density at radius 2 is 1.51 bits per heavy atom. The average molecular weight is 529 g/mol. The molecule has 0 bridgehead atoms. The smallest absolute Gasteiger partial charge is 0.504 e. The molecule has 200 valence electrons. The van der Waals surface area contributed by atoms with Gasteiger partial charge in [-0.2, -0.15) is 4.39 Å². The largest absolute Gasteiger partial charge is 0.573 e. The molecule has 0 spiro atoms. The zero-order valence-electron chi connectivity index (χ0n) is 19.8. The lowest BCUT2D eigenvalue weighted by Crippen LogP contribution is -2.57. The van der Waals surface area contributed by atoms with E-state index in [1.165, 1.54) is 21.9 Å². The lowest BCUT2D eigenvalue weighted by molar-refractivity contribution is -0.274. The average Bonchev–Trinajstić information content (AvgIpc) is 2.84. The van der Waals surface area contributed by atoms with Crippen molar-refractivity contribution in [2.75, 3.05) is 26.2 Å². The van der Waals surface area contributed by atoms with Gasteiger partial charge in [0.15, 0.2) is 11.6 Å². The zero-order valence-corrected chi connectivity index (χ0v) is 19.8. The minimum absolute atomic E-state index is 0.120. The van der Waals surface area contributed by atoms with Gasteiger partial charge in [0.25, 0.3) is 11.8 Å². The summed E-state index contributed by atoms with van der Waals surface area (Å²) in [5, 5.41) is 12.2. The highest BCUT2D eigenvalue weighted by Gasteiger charge is 2.33. The topological polar surface area (TPSA) is 99.2 Å². The van der Waals surface area contributed by atoms with E-state index < -0.39 is 64.7 Å². The third-order valence-electron chi connectivity index (χ3n) is 5.75. The lowest BCUT2D eigenvalue weighted by atomic mass is 10.0. The van der Waals surface area contributed by atoms with Gasteiger partial charge in [0.05, 0.1) is 5.56 Å². The van der Waals surface area contributed by atoms with Gasteiger partial charge in [-0.15, -0.1) is 13.2 Å². The van der Waals surface area contributed by atoms with Gasteiger partial charge in [-0.25, -0.2) is 4.39 Å². The monoisotopic (exact) mass is 529 g/mol. The second kappa shape index (κ2) is 11.0. The van der Waals surface area contributed by atoms with Crippen LogP contribution >= 0.6 is 0 Å². The maximum atomic E-state index is 13.6. The van der Waals surface area contributed by atoms with Crippen LogP contribution in [-0.2, 0) is 4.79 Å². The number of carbonyl (C=O) groups is 3. The number of aromatic hydroxyl groups is 1. The predicted octanol–water partition coefficient (Wildman–Crippen LogP) is 3.31. The van der Waals surface area contributed by atoms with Crippen LogP contribution in [0, 0.1) is 17.6 Å². The van der Waals surface area contributed by atoms with Crippen LogP contribution in [0.3, 0.4) is 0 Å². The van der Waals surface area contributed by atoms with Crippen LogP contribution < -0.4 is 10.1 Å². The molecular weight excluding hydrogens is 505 g/mol. The first kappa shape index (κ1) is 27.7. The molecule has 1 fully saturated rings. The van der Waals surface area contributed by atoms with Crippen molar-refractivity contribution in [1.82, 2.24) is 15.1 Å². The van der Waals surface area contributed by atoms with Gasteiger partial charge in [0, 0.05) is 31.7 Å². The first-order valence-electron chi connectivity index (χ1n) is 11.2. The van der Waals surface area contributed by atoms with E-state index in [9.17, 15) is 41.4 Å². The Kier molecular flexibility index (Phi) is 8.24. The summed E-state index contributed by atoms with van der Waals surface area (Å²) >= 11 is 0. The fraction of sp³-hybridized carbons (Fsp3) is 0.375. The van der Waals surface area contributed by atoms with Gasteiger partial charge in [0.2, 0.25) is 11.7 Å². The second-order valence-electron chi connectivity index (χ2n) is 8.64. The van der Waals surface area contributed by atoms with Crippen molar-refractivity contribution in [3.63, 3.8) is 0 Å². The molecule has 0 radical (unpaired) electrons. The summed E-state index contributed by atoms with van der Waals surface area (Å²) in [7, 11) is 0. The molecule has 1 atom stereocenters. The Hall–Kier alpha value is -3.90. The summed E-state index contributed by atoms with van der Waals surface area (Å²) in [4.78, 5) is 41.3. The standard InChI is InChI=1S/C24H24F5N3O5/c1-13(2)19(30-21(34)16-7-8-17(25)18(26)20(16)33)23(36)32-11-9-31(10-12-32)22(35)14-3-5-15(6-4-14)37-24(27,28)29/h3-8,13,19,33H,9-12H2,1-2H3,(H,30,34)/t19-/m0/s1. The fourth-order valence-corrected chi connectivity index (χ4v) is 3.76. The Labute approximate surface area is 208 Å². The molecule has 0 aromatic heterocycles. The van der Waals surface area contributed by atoms with Gasteiger partial charge >= 0.3 is 6.36 Å². The van der Waals surface area contributed by atoms with Crippen molar-refractivity contribution in [3.8, 4) is 11.5 Å².